The number of carboxylic acids is 2. The van der Waals surface area contributed by atoms with E-state index in [0.29, 0.717) is 12.8 Å². The molecule has 2 aromatic heterocycles. The minimum atomic E-state index is -0.870. The van der Waals surface area contributed by atoms with Gasteiger partial charge in [0, 0.05) is 70.3 Å². The van der Waals surface area contributed by atoms with Gasteiger partial charge in [-0.15, -0.1) is 0 Å². The number of carboxylic acid groups (broad SMARTS) is 2. The fourth-order valence-electron chi connectivity index (χ4n) is 4.31. The van der Waals surface area contributed by atoms with Gasteiger partial charge in [0.2, 0.25) is 0 Å². The number of carbonyl (C=O) groups is 2. The maximum atomic E-state index is 10.3. The molecule has 4 rings (SSSR count). The van der Waals surface area contributed by atoms with Crippen molar-refractivity contribution in [3.8, 4) is 0 Å². The Balaban J connectivity index is 0.000000329. The standard InChI is InChI=1S/2C13H18N2O.C6H10O4.H2O/c2*1-9(15(2)3)13(16)11-8-14-12-7-5-4-6-10(11)12;7-5(8)3-1-2-4-6(9)10;/h2*4-9,13-14,16H,1-3H3;1-4H2,(H,7,8)(H,9,10);1H2/t2*9-,13?;;/m11../s1. The van der Waals surface area contributed by atoms with E-state index >= 15 is 0 Å². The normalized spacial score (nSPS) is 13.7. The number of hydrogen-bond acceptors (Lipinski definition) is 6. The Kier molecular flexibility index (Phi) is 15.6. The largest absolute Gasteiger partial charge is 0.481 e. The summed E-state index contributed by atoms with van der Waals surface area (Å²) in [7, 11) is 7.90. The molecule has 11 heteroatoms. The summed E-state index contributed by atoms with van der Waals surface area (Å²) < 4.78 is 0. The number of para-hydroxylation sites is 2. The van der Waals surface area contributed by atoms with Crippen LogP contribution in [0.3, 0.4) is 0 Å². The second-order valence-corrected chi connectivity index (χ2v) is 10.9. The average molecular weight is 601 g/mol. The molecule has 2 aromatic carbocycles. The van der Waals surface area contributed by atoms with E-state index in [1.54, 1.807) is 0 Å². The molecule has 11 nitrogen and oxygen atoms in total. The van der Waals surface area contributed by atoms with Crippen molar-refractivity contribution in [3.63, 3.8) is 0 Å². The van der Waals surface area contributed by atoms with Gasteiger partial charge >= 0.3 is 11.9 Å². The van der Waals surface area contributed by atoms with E-state index in [2.05, 4.69) is 9.97 Å². The van der Waals surface area contributed by atoms with Gasteiger partial charge < -0.3 is 45.7 Å². The SMILES string of the molecule is C[C@H](C(O)c1c[nH]c2ccccc12)N(C)C.C[C@H](C(O)c1c[nH]c2ccccc12)N(C)C.O.O=C(O)CCCCC(=O)O. The number of aliphatic hydroxyl groups excluding tert-OH is 2. The van der Waals surface area contributed by atoms with E-state index in [1.807, 2.05) is 113 Å². The Morgan fingerprint density at radius 3 is 1.30 bits per heavy atom. The third kappa shape index (κ3) is 11.1. The zero-order chi connectivity index (χ0) is 31.4. The van der Waals surface area contributed by atoms with Gasteiger partial charge in [0.1, 0.15) is 0 Å². The number of aromatic nitrogens is 2. The smallest absolute Gasteiger partial charge is 0.303 e. The molecule has 2 heterocycles. The molecule has 0 saturated carbocycles. The second kappa shape index (κ2) is 18.0. The Morgan fingerprint density at radius 2 is 1.00 bits per heavy atom. The summed E-state index contributed by atoms with van der Waals surface area (Å²) >= 11 is 0. The van der Waals surface area contributed by atoms with Gasteiger partial charge in [-0.3, -0.25) is 9.59 Å². The first-order valence-electron chi connectivity index (χ1n) is 14.1. The predicted molar refractivity (Wildman–Crippen MR) is 170 cm³/mol. The molecule has 2 unspecified atom stereocenters. The summed E-state index contributed by atoms with van der Waals surface area (Å²) in [5.41, 5.74) is 4.08. The monoisotopic (exact) mass is 600 g/mol. The van der Waals surface area contributed by atoms with E-state index in [9.17, 15) is 19.8 Å². The van der Waals surface area contributed by atoms with Crippen LogP contribution < -0.4 is 0 Å². The molecule has 0 fully saturated rings. The molecule has 0 aliphatic heterocycles. The molecule has 4 aromatic rings. The number of likely N-dealkylation sites (N-methyl/N-ethyl adjacent to an activating group) is 2. The molecule has 0 amide bonds. The Hall–Kier alpha value is -3.74. The first-order chi connectivity index (χ1) is 19.8. The van der Waals surface area contributed by atoms with E-state index in [0.717, 1.165) is 32.9 Å². The van der Waals surface area contributed by atoms with Crippen LogP contribution in [0.2, 0.25) is 0 Å². The third-order valence-electron chi connectivity index (χ3n) is 7.45. The van der Waals surface area contributed by atoms with Crippen LogP contribution in [0.5, 0.6) is 0 Å². The van der Waals surface area contributed by atoms with Gasteiger partial charge in [-0.1, -0.05) is 36.4 Å². The van der Waals surface area contributed by atoms with Crippen molar-refractivity contribution in [1.29, 1.82) is 0 Å². The quantitative estimate of drug-likeness (QED) is 0.138. The maximum Gasteiger partial charge on any atom is 0.303 e. The van der Waals surface area contributed by atoms with E-state index < -0.39 is 24.1 Å². The lowest BCUT2D eigenvalue weighted by Crippen LogP contribution is -2.30. The van der Waals surface area contributed by atoms with Crippen molar-refractivity contribution in [3.05, 3.63) is 72.1 Å². The predicted octanol–water partition coefficient (Wildman–Crippen LogP) is 4.19. The number of aromatic amines is 2. The highest BCUT2D eigenvalue weighted by Gasteiger charge is 2.21. The molecule has 43 heavy (non-hydrogen) atoms. The Labute approximate surface area is 253 Å². The molecule has 8 N–H and O–H groups in total. The topological polar surface area (TPSA) is 185 Å². The fraction of sp³-hybridized carbons (Fsp3) is 0.438. The first kappa shape index (κ1) is 37.3. The molecular weight excluding hydrogens is 552 g/mol. The van der Waals surface area contributed by atoms with Crippen molar-refractivity contribution >= 4 is 33.7 Å². The number of aliphatic carboxylic acids is 2. The van der Waals surface area contributed by atoms with Gasteiger partial charge in [-0.25, -0.2) is 0 Å². The van der Waals surface area contributed by atoms with Crippen LogP contribution in [0.15, 0.2) is 60.9 Å². The minimum absolute atomic E-state index is 0. The highest BCUT2D eigenvalue weighted by Crippen LogP contribution is 2.28. The number of benzene rings is 2. The number of aliphatic hydroxyl groups is 2. The number of nitrogens with one attached hydrogen (secondary N) is 2. The zero-order valence-electron chi connectivity index (χ0n) is 25.9. The number of nitrogens with zero attached hydrogens (tertiary/aromatic N) is 2. The summed E-state index contributed by atoms with van der Waals surface area (Å²) in [6.45, 7) is 4.04. The molecular formula is C32H48N4O7. The van der Waals surface area contributed by atoms with Crippen molar-refractivity contribution in [2.24, 2.45) is 0 Å². The molecule has 0 aliphatic rings. The van der Waals surface area contributed by atoms with Crippen LogP contribution in [-0.2, 0) is 9.59 Å². The van der Waals surface area contributed by atoms with Crippen LogP contribution in [-0.4, -0.2) is 97.9 Å². The minimum Gasteiger partial charge on any atom is -0.481 e. The second-order valence-electron chi connectivity index (χ2n) is 10.9. The van der Waals surface area contributed by atoms with E-state index in [1.165, 1.54) is 0 Å². The van der Waals surface area contributed by atoms with Crippen LogP contribution in [0, 0.1) is 0 Å². The number of H-pyrrole nitrogens is 2. The molecule has 0 spiro atoms. The number of fused-ring (bicyclic) bond motifs is 2. The third-order valence-corrected chi connectivity index (χ3v) is 7.45. The number of rotatable bonds is 11. The van der Waals surface area contributed by atoms with Gasteiger partial charge in [0.25, 0.3) is 0 Å². The lowest BCUT2D eigenvalue weighted by Gasteiger charge is -2.25. The summed E-state index contributed by atoms with van der Waals surface area (Å²) in [6, 6.07) is 16.3. The average Bonchev–Trinajstić information content (AvgIpc) is 3.59. The Morgan fingerprint density at radius 1 is 0.674 bits per heavy atom. The molecule has 4 atom stereocenters. The van der Waals surface area contributed by atoms with Gasteiger partial charge in [0.05, 0.1) is 12.2 Å². The first-order valence-corrected chi connectivity index (χ1v) is 14.1. The van der Waals surface area contributed by atoms with Crippen molar-refractivity contribution in [2.45, 2.75) is 63.8 Å². The van der Waals surface area contributed by atoms with Crippen LogP contribution in [0.1, 0.15) is 62.9 Å². The fourth-order valence-corrected chi connectivity index (χ4v) is 4.31. The van der Waals surface area contributed by atoms with Gasteiger partial charge in [0.15, 0.2) is 0 Å². The van der Waals surface area contributed by atoms with Gasteiger partial charge in [-0.05, 0) is 67.0 Å². The van der Waals surface area contributed by atoms with E-state index in [4.69, 9.17) is 10.2 Å². The highest BCUT2D eigenvalue weighted by molar-refractivity contribution is 5.84. The summed E-state index contributed by atoms with van der Waals surface area (Å²) in [4.78, 5) is 30.2. The molecule has 0 saturated heterocycles. The van der Waals surface area contributed by atoms with Crippen LogP contribution >= 0.6 is 0 Å². The molecule has 0 radical (unpaired) electrons. The van der Waals surface area contributed by atoms with Crippen molar-refractivity contribution < 1.29 is 35.5 Å². The van der Waals surface area contributed by atoms with E-state index in [-0.39, 0.29) is 30.4 Å². The van der Waals surface area contributed by atoms with Gasteiger partial charge in [-0.2, -0.15) is 0 Å². The summed E-state index contributed by atoms with van der Waals surface area (Å²) in [5, 5.41) is 39.0. The summed E-state index contributed by atoms with van der Waals surface area (Å²) in [6.07, 6.45) is 3.88. The number of unbranched alkanes of at least 4 members (excludes halogenated alkanes) is 1. The maximum absolute atomic E-state index is 10.3. The zero-order valence-corrected chi connectivity index (χ0v) is 25.9. The lowest BCUT2D eigenvalue weighted by molar-refractivity contribution is -0.139. The summed E-state index contributed by atoms with van der Waals surface area (Å²) in [5.74, 6) is -1.74. The Bertz CT molecular complexity index is 1290. The van der Waals surface area contributed by atoms with Crippen molar-refractivity contribution in [2.75, 3.05) is 28.2 Å². The van der Waals surface area contributed by atoms with Crippen molar-refractivity contribution in [1.82, 2.24) is 19.8 Å². The highest BCUT2D eigenvalue weighted by atomic mass is 16.4. The molecule has 0 bridgehead atoms. The van der Waals surface area contributed by atoms with Crippen LogP contribution in [0.25, 0.3) is 21.8 Å². The number of hydrogen-bond donors (Lipinski definition) is 6. The molecule has 0 aliphatic carbocycles. The molecule has 238 valence electrons. The lowest BCUT2D eigenvalue weighted by atomic mass is 10.0. The van der Waals surface area contributed by atoms with Crippen LogP contribution in [0.4, 0.5) is 0 Å².